The summed E-state index contributed by atoms with van der Waals surface area (Å²) >= 11 is 0.0336. The molecule has 0 amide bonds. The number of nitrogens with two attached hydrogens (primary N) is 1. The number of nitrogens with zero attached hydrogens (tertiary/aromatic N) is 2. The molecule has 3 rings (SSSR count). The summed E-state index contributed by atoms with van der Waals surface area (Å²) in [5.41, 5.74) is 8.16. The Morgan fingerprint density at radius 2 is 2.05 bits per heavy atom. The van der Waals surface area contributed by atoms with Crippen LogP contribution in [-0.2, 0) is 0 Å². The summed E-state index contributed by atoms with van der Waals surface area (Å²) in [6.45, 7) is 0. The van der Waals surface area contributed by atoms with E-state index < -0.39 is 0 Å². The van der Waals surface area contributed by atoms with E-state index in [1.54, 1.807) is 18.2 Å². The summed E-state index contributed by atoms with van der Waals surface area (Å²) in [6.07, 6.45) is 0. The van der Waals surface area contributed by atoms with Crippen molar-refractivity contribution in [3.05, 3.63) is 47.8 Å². The Morgan fingerprint density at radius 3 is 2.84 bits per heavy atom. The summed E-state index contributed by atoms with van der Waals surface area (Å²) in [5, 5.41) is 8.98. The number of nitrogen functional groups attached to an aromatic ring is 1. The minimum atomic E-state index is -0.283. The van der Waals surface area contributed by atoms with Crippen molar-refractivity contribution in [1.29, 1.82) is 5.26 Å². The molecule has 3 aromatic rings. The standard InChI is InChI=1S/C14H8FN3Se/c15-10-2-4-13-12(6-10)18-14(19-13)8-1-3-11(17)9(5-8)7-16/h1-6H,17H2. The normalized spacial score (nSPS) is 10.5. The first-order valence-corrected chi connectivity index (χ1v) is 7.25. The molecular formula is C14H8FN3Se. The zero-order chi connectivity index (χ0) is 13.4. The van der Waals surface area contributed by atoms with Crippen LogP contribution in [0.15, 0.2) is 36.4 Å². The van der Waals surface area contributed by atoms with Crippen LogP contribution in [0.4, 0.5) is 10.1 Å². The van der Waals surface area contributed by atoms with Crippen LogP contribution in [0.25, 0.3) is 19.9 Å². The van der Waals surface area contributed by atoms with Gasteiger partial charge in [-0.15, -0.1) is 0 Å². The topological polar surface area (TPSA) is 62.7 Å². The molecule has 0 fully saturated rings. The van der Waals surface area contributed by atoms with E-state index in [2.05, 4.69) is 11.1 Å². The Hall–Kier alpha value is -2.15. The SMILES string of the molecule is N#Cc1cc(-c2nc3cc(F)ccc3[se]2)ccc1N. The van der Waals surface area contributed by atoms with Crippen molar-refractivity contribution in [3.63, 3.8) is 0 Å². The second-order valence-electron chi connectivity index (χ2n) is 4.04. The molecule has 92 valence electrons. The number of halogens is 1. The van der Waals surface area contributed by atoms with E-state index in [-0.39, 0.29) is 20.3 Å². The summed E-state index contributed by atoms with van der Waals surface area (Å²) in [6, 6.07) is 12.0. The maximum absolute atomic E-state index is 13.1. The summed E-state index contributed by atoms with van der Waals surface area (Å²) in [4.78, 5) is 4.44. The zero-order valence-corrected chi connectivity index (χ0v) is 11.4. The minimum absolute atomic E-state index is 0.0336. The van der Waals surface area contributed by atoms with Gasteiger partial charge in [0, 0.05) is 0 Å². The van der Waals surface area contributed by atoms with E-state index in [1.807, 2.05) is 6.07 Å². The molecule has 0 aliphatic heterocycles. The van der Waals surface area contributed by atoms with Gasteiger partial charge < -0.3 is 0 Å². The molecule has 0 bridgehead atoms. The molecule has 2 N–H and O–H groups in total. The molecule has 0 aliphatic carbocycles. The fourth-order valence-corrected chi connectivity index (χ4v) is 3.79. The average molecular weight is 316 g/mol. The second kappa shape index (κ2) is 4.51. The van der Waals surface area contributed by atoms with Crippen molar-refractivity contribution in [2.45, 2.75) is 0 Å². The number of fused-ring (bicyclic) bond motifs is 1. The van der Waals surface area contributed by atoms with E-state index in [9.17, 15) is 4.39 Å². The number of nitriles is 1. The van der Waals surface area contributed by atoms with Gasteiger partial charge in [0.1, 0.15) is 0 Å². The Morgan fingerprint density at radius 1 is 1.21 bits per heavy atom. The molecule has 0 aliphatic rings. The number of anilines is 1. The van der Waals surface area contributed by atoms with Crippen LogP contribution >= 0.6 is 0 Å². The second-order valence-corrected chi connectivity index (χ2v) is 6.21. The predicted molar refractivity (Wildman–Crippen MR) is 73.2 cm³/mol. The number of hydrogen-bond donors (Lipinski definition) is 1. The van der Waals surface area contributed by atoms with E-state index in [0.29, 0.717) is 16.8 Å². The van der Waals surface area contributed by atoms with Gasteiger partial charge in [0.15, 0.2) is 0 Å². The summed E-state index contributed by atoms with van der Waals surface area (Å²) < 4.78 is 15.1. The van der Waals surface area contributed by atoms with Crippen molar-refractivity contribution in [2.75, 3.05) is 5.73 Å². The van der Waals surface area contributed by atoms with Gasteiger partial charge >= 0.3 is 114 Å². The molecule has 1 aromatic heterocycles. The molecule has 0 unspecified atom stereocenters. The molecule has 2 aromatic carbocycles. The Kier molecular flexibility index (Phi) is 2.83. The van der Waals surface area contributed by atoms with Crippen LogP contribution in [0, 0.1) is 17.1 Å². The first-order chi connectivity index (χ1) is 9.17. The van der Waals surface area contributed by atoms with Gasteiger partial charge in [-0.05, 0) is 0 Å². The van der Waals surface area contributed by atoms with Crippen molar-refractivity contribution >= 4 is 30.0 Å². The van der Waals surface area contributed by atoms with Crippen molar-refractivity contribution in [3.8, 4) is 16.2 Å². The predicted octanol–water partition coefficient (Wildman–Crippen LogP) is 2.55. The molecule has 1 heterocycles. The third-order valence-corrected chi connectivity index (χ3v) is 5.05. The summed E-state index contributed by atoms with van der Waals surface area (Å²) in [7, 11) is 0. The van der Waals surface area contributed by atoms with Gasteiger partial charge in [0.05, 0.1) is 0 Å². The Balaban J connectivity index is 2.16. The first kappa shape index (κ1) is 11.9. The zero-order valence-electron chi connectivity index (χ0n) is 9.72. The number of aromatic nitrogens is 1. The Labute approximate surface area is 114 Å². The molecule has 19 heavy (non-hydrogen) atoms. The average Bonchev–Trinajstić information content (AvgIpc) is 2.82. The molecule has 0 radical (unpaired) electrons. The first-order valence-electron chi connectivity index (χ1n) is 5.53. The molecular weight excluding hydrogens is 308 g/mol. The fourth-order valence-electron chi connectivity index (χ4n) is 1.81. The maximum atomic E-state index is 13.1. The van der Waals surface area contributed by atoms with Crippen LogP contribution in [0.1, 0.15) is 5.56 Å². The van der Waals surface area contributed by atoms with Gasteiger partial charge in [0.2, 0.25) is 0 Å². The Bertz CT molecular complexity index is 817. The van der Waals surface area contributed by atoms with Gasteiger partial charge in [-0.2, -0.15) is 0 Å². The van der Waals surface area contributed by atoms with Crippen LogP contribution < -0.4 is 5.73 Å². The third kappa shape index (κ3) is 2.12. The van der Waals surface area contributed by atoms with Gasteiger partial charge in [-0.1, -0.05) is 0 Å². The molecule has 0 spiro atoms. The van der Waals surface area contributed by atoms with Crippen molar-refractivity contribution < 1.29 is 4.39 Å². The van der Waals surface area contributed by atoms with Gasteiger partial charge in [0.25, 0.3) is 0 Å². The van der Waals surface area contributed by atoms with Crippen LogP contribution in [0.5, 0.6) is 0 Å². The fraction of sp³-hybridized carbons (Fsp3) is 0. The van der Waals surface area contributed by atoms with Gasteiger partial charge in [-0.3, -0.25) is 0 Å². The molecule has 3 nitrogen and oxygen atoms in total. The van der Waals surface area contributed by atoms with E-state index in [0.717, 1.165) is 14.4 Å². The van der Waals surface area contributed by atoms with Crippen molar-refractivity contribution in [1.82, 2.24) is 4.98 Å². The molecule has 0 saturated heterocycles. The molecule has 0 atom stereocenters. The van der Waals surface area contributed by atoms with E-state index >= 15 is 0 Å². The quantitative estimate of drug-likeness (QED) is 0.554. The number of rotatable bonds is 1. The summed E-state index contributed by atoms with van der Waals surface area (Å²) in [5.74, 6) is -0.283. The van der Waals surface area contributed by atoms with Crippen molar-refractivity contribution in [2.24, 2.45) is 0 Å². The molecule has 0 saturated carbocycles. The van der Waals surface area contributed by atoms with Crippen LogP contribution in [-0.4, -0.2) is 19.5 Å². The van der Waals surface area contributed by atoms with Crippen LogP contribution in [0.3, 0.4) is 0 Å². The van der Waals surface area contributed by atoms with E-state index in [1.165, 1.54) is 12.1 Å². The van der Waals surface area contributed by atoms with E-state index in [4.69, 9.17) is 11.0 Å². The van der Waals surface area contributed by atoms with Gasteiger partial charge in [-0.25, -0.2) is 0 Å². The third-order valence-electron chi connectivity index (χ3n) is 2.77. The number of hydrogen-bond acceptors (Lipinski definition) is 3. The monoisotopic (exact) mass is 317 g/mol. The number of benzene rings is 2. The van der Waals surface area contributed by atoms with Crippen LogP contribution in [0.2, 0.25) is 0 Å². The molecule has 5 heteroatoms.